The molecule has 1 unspecified atom stereocenters. The summed E-state index contributed by atoms with van der Waals surface area (Å²) in [5.74, 6) is 1.05. The van der Waals surface area contributed by atoms with E-state index in [2.05, 4.69) is 53.2 Å². The molecule has 0 saturated carbocycles. The Hall–Kier alpha value is -1.87. The molecule has 2 aromatic rings. The van der Waals surface area contributed by atoms with Gasteiger partial charge in [-0.25, -0.2) is 0 Å². The van der Waals surface area contributed by atoms with E-state index in [0.717, 1.165) is 31.7 Å². The van der Waals surface area contributed by atoms with Crippen molar-refractivity contribution in [2.24, 2.45) is 0 Å². The smallest absolute Gasteiger partial charge is 0.122 e. The van der Waals surface area contributed by atoms with Crippen LogP contribution in [-0.4, -0.2) is 29.6 Å². The van der Waals surface area contributed by atoms with E-state index in [1.165, 1.54) is 36.9 Å². The minimum Gasteiger partial charge on any atom is -0.493 e. The van der Waals surface area contributed by atoms with E-state index in [1.54, 1.807) is 0 Å². The monoisotopic (exact) mass is 324 g/mol. The van der Waals surface area contributed by atoms with E-state index in [4.69, 9.17) is 4.74 Å². The molecule has 0 amide bonds. The summed E-state index contributed by atoms with van der Waals surface area (Å²) in [4.78, 5) is 6.94. The number of benzene rings is 1. The van der Waals surface area contributed by atoms with Gasteiger partial charge < -0.3 is 4.74 Å². The number of rotatable bonds is 7. The second-order valence-electron chi connectivity index (χ2n) is 6.54. The molecule has 2 heterocycles. The third kappa shape index (κ3) is 4.35. The molecule has 1 aromatic heterocycles. The largest absolute Gasteiger partial charge is 0.493 e. The summed E-state index contributed by atoms with van der Waals surface area (Å²) in [6.45, 7) is 5.19. The molecule has 1 fully saturated rings. The third-order valence-electron chi connectivity index (χ3n) is 4.79. The normalized spacial score (nSPS) is 18.5. The van der Waals surface area contributed by atoms with Crippen LogP contribution in [0.5, 0.6) is 5.75 Å². The molecule has 3 rings (SSSR count). The van der Waals surface area contributed by atoms with Crippen LogP contribution < -0.4 is 4.74 Å². The first-order chi connectivity index (χ1) is 11.9. The molecule has 24 heavy (non-hydrogen) atoms. The molecule has 1 aromatic carbocycles. The maximum absolute atomic E-state index is 5.91. The summed E-state index contributed by atoms with van der Waals surface area (Å²) >= 11 is 0. The van der Waals surface area contributed by atoms with Crippen LogP contribution in [-0.2, 0) is 6.42 Å². The molecule has 0 spiro atoms. The van der Waals surface area contributed by atoms with Gasteiger partial charge in [0.15, 0.2) is 0 Å². The zero-order chi connectivity index (χ0) is 16.6. The quantitative estimate of drug-likeness (QED) is 0.742. The van der Waals surface area contributed by atoms with Crippen molar-refractivity contribution in [3.05, 3.63) is 59.9 Å². The average Bonchev–Trinajstić information content (AvgIpc) is 2.66. The molecule has 3 heteroatoms. The van der Waals surface area contributed by atoms with Crippen LogP contribution in [0.15, 0.2) is 48.8 Å². The van der Waals surface area contributed by atoms with E-state index in [9.17, 15) is 0 Å². The van der Waals surface area contributed by atoms with Gasteiger partial charge in [-0.15, -0.1) is 0 Å². The first-order valence-corrected chi connectivity index (χ1v) is 9.23. The number of aromatic nitrogens is 1. The summed E-state index contributed by atoms with van der Waals surface area (Å²) in [7, 11) is 0. The molecule has 0 bridgehead atoms. The first kappa shape index (κ1) is 17.0. The number of pyridine rings is 1. The Morgan fingerprint density at radius 1 is 1.17 bits per heavy atom. The van der Waals surface area contributed by atoms with Crippen molar-refractivity contribution < 1.29 is 4.74 Å². The van der Waals surface area contributed by atoms with Crippen molar-refractivity contribution in [3.63, 3.8) is 0 Å². The molecular weight excluding hydrogens is 296 g/mol. The van der Waals surface area contributed by atoms with Crippen LogP contribution >= 0.6 is 0 Å². The molecule has 0 N–H and O–H groups in total. The zero-order valence-corrected chi connectivity index (χ0v) is 14.7. The molecule has 1 aliphatic rings. The van der Waals surface area contributed by atoms with Gasteiger partial charge in [0.2, 0.25) is 0 Å². The number of ether oxygens (including phenoxy) is 1. The van der Waals surface area contributed by atoms with Gasteiger partial charge in [-0.3, -0.25) is 9.88 Å². The molecular formula is C21H28N2O. The lowest BCUT2D eigenvalue weighted by molar-refractivity contribution is 0.150. The van der Waals surface area contributed by atoms with Gasteiger partial charge in [-0.1, -0.05) is 37.6 Å². The summed E-state index contributed by atoms with van der Waals surface area (Å²) in [6, 6.07) is 13.3. The van der Waals surface area contributed by atoms with Crippen molar-refractivity contribution in [2.75, 3.05) is 19.7 Å². The molecule has 1 saturated heterocycles. The average molecular weight is 324 g/mol. The topological polar surface area (TPSA) is 25.4 Å². The van der Waals surface area contributed by atoms with Gasteiger partial charge in [0, 0.05) is 25.0 Å². The lowest BCUT2D eigenvalue weighted by Gasteiger charge is -2.36. The van der Waals surface area contributed by atoms with Crippen LogP contribution in [0.1, 0.15) is 49.8 Å². The SMILES string of the molecule is CCCOc1ccccc1CCN1CCCCC1c1cccnc1. The van der Waals surface area contributed by atoms with Gasteiger partial charge in [0.1, 0.15) is 5.75 Å². The molecule has 128 valence electrons. The van der Waals surface area contributed by atoms with E-state index in [-0.39, 0.29) is 0 Å². The Bertz CT molecular complexity index is 614. The van der Waals surface area contributed by atoms with E-state index in [1.807, 2.05) is 12.4 Å². The van der Waals surface area contributed by atoms with Crippen LogP contribution in [0.3, 0.4) is 0 Å². The fourth-order valence-corrected chi connectivity index (χ4v) is 3.54. The van der Waals surface area contributed by atoms with Gasteiger partial charge >= 0.3 is 0 Å². The lowest BCUT2D eigenvalue weighted by atomic mass is 9.96. The molecule has 0 aliphatic carbocycles. The van der Waals surface area contributed by atoms with Crippen molar-refractivity contribution >= 4 is 0 Å². The Kier molecular flexibility index (Phi) is 6.25. The second kappa shape index (κ2) is 8.84. The maximum atomic E-state index is 5.91. The fourth-order valence-electron chi connectivity index (χ4n) is 3.54. The van der Waals surface area contributed by atoms with E-state index >= 15 is 0 Å². The van der Waals surface area contributed by atoms with Crippen LogP contribution in [0.2, 0.25) is 0 Å². The highest BCUT2D eigenvalue weighted by molar-refractivity contribution is 5.33. The number of hydrogen-bond acceptors (Lipinski definition) is 3. The van der Waals surface area contributed by atoms with Crippen molar-refractivity contribution in [1.82, 2.24) is 9.88 Å². The predicted octanol–water partition coefficient (Wildman–Crippen LogP) is 4.64. The minimum atomic E-state index is 0.510. The van der Waals surface area contributed by atoms with Gasteiger partial charge in [0.05, 0.1) is 6.61 Å². The van der Waals surface area contributed by atoms with Crippen molar-refractivity contribution in [3.8, 4) is 5.75 Å². The molecule has 1 atom stereocenters. The Morgan fingerprint density at radius 3 is 2.92 bits per heavy atom. The Balaban J connectivity index is 1.66. The highest BCUT2D eigenvalue weighted by atomic mass is 16.5. The Labute approximate surface area is 145 Å². The predicted molar refractivity (Wildman–Crippen MR) is 98.3 cm³/mol. The van der Waals surface area contributed by atoms with E-state index in [0.29, 0.717) is 6.04 Å². The summed E-state index contributed by atoms with van der Waals surface area (Å²) in [6.07, 6.45) is 9.82. The Morgan fingerprint density at radius 2 is 2.08 bits per heavy atom. The third-order valence-corrected chi connectivity index (χ3v) is 4.79. The van der Waals surface area contributed by atoms with Gasteiger partial charge in [-0.05, 0) is 55.5 Å². The van der Waals surface area contributed by atoms with Gasteiger partial charge in [0.25, 0.3) is 0 Å². The maximum Gasteiger partial charge on any atom is 0.122 e. The van der Waals surface area contributed by atoms with Crippen LogP contribution in [0.4, 0.5) is 0 Å². The highest BCUT2D eigenvalue weighted by Gasteiger charge is 2.23. The van der Waals surface area contributed by atoms with Gasteiger partial charge in [-0.2, -0.15) is 0 Å². The lowest BCUT2D eigenvalue weighted by Crippen LogP contribution is -2.35. The van der Waals surface area contributed by atoms with Crippen LogP contribution in [0, 0.1) is 0 Å². The van der Waals surface area contributed by atoms with Crippen molar-refractivity contribution in [2.45, 2.75) is 45.1 Å². The number of para-hydroxylation sites is 1. The standard InChI is InChI=1S/C21H28N2O/c1-2-16-24-21-11-4-3-8-18(21)12-15-23-14-6-5-10-20(23)19-9-7-13-22-17-19/h3-4,7-9,11,13,17,20H,2,5-6,10,12,14-16H2,1H3. The second-order valence-corrected chi connectivity index (χ2v) is 6.54. The highest BCUT2D eigenvalue weighted by Crippen LogP contribution is 2.31. The minimum absolute atomic E-state index is 0.510. The number of likely N-dealkylation sites (tertiary alicyclic amines) is 1. The molecule has 0 radical (unpaired) electrons. The first-order valence-electron chi connectivity index (χ1n) is 9.23. The zero-order valence-electron chi connectivity index (χ0n) is 14.7. The molecule has 3 nitrogen and oxygen atoms in total. The summed E-state index contributed by atoms with van der Waals surface area (Å²) in [5, 5.41) is 0. The fraction of sp³-hybridized carbons (Fsp3) is 0.476. The number of nitrogens with zero attached hydrogens (tertiary/aromatic N) is 2. The molecule has 1 aliphatic heterocycles. The summed E-state index contributed by atoms with van der Waals surface area (Å²) in [5.41, 5.74) is 2.68. The van der Waals surface area contributed by atoms with Crippen LogP contribution in [0.25, 0.3) is 0 Å². The van der Waals surface area contributed by atoms with Crippen molar-refractivity contribution in [1.29, 1.82) is 0 Å². The number of piperidine rings is 1. The van der Waals surface area contributed by atoms with E-state index < -0.39 is 0 Å². The number of hydrogen-bond donors (Lipinski definition) is 0. The summed E-state index contributed by atoms with van der Waals surface area (Å²) < 4.78 is 5.91.